The summed E-state index contributed by atoms with van der Waals surface area (Å²) in [5.74, 6) is 1.19. The van der Waals surface area contributed by atoms with Crippen LogP contribution < -0.4 is 25.8 Å². The topological polar surface area (TPSA) is 98.0 Å². The van der Waals surface area contributed by atoms with Crippen molar-refractivity contribution in [2.24, 2.45) is 10.7 Å². The van der Waals surface area contributed by atoms with E-state index in [-0.39, 0.29) is 42.4 Å². The maximum Gasteiger partial charge on any atom is 0.246 e. The number of hydrogen-bond acceptors (Lipinski definition) is 4. The standard InChI is InChI=1S/C21H28N4O3.HI/c1-4-15-8-7-9-16(12-15)24-20(26)14-23-21(22)25-18-13-17(27-5-2)10-11-19(18)28-6-3;/h7-13H,4-6,14H2,1-3H3,(H,24,26)(H3,22,23,25);1H. The molecule has 7 nitrogen and oxygen atoms in total. The van der Waals surface area contributed by atoms with Crippen molar-refractivity contribution in [2.45, 2.75) is 27.2 Å². The number of ether oxygens (including phenoxy) is 2. The van der Waals surface area contributed by atoms with Crippen LogP contribution in [0.4, 0.5) is 11.4 Å². The predicted molar refractivity (Wildman–Crippen MR) is 129 cm³/mol. The first-order valence-electron chi connectivity index (χ1n) is 9.41. The van der Waals surface area contributed by atoms with Crippen molar-refractivity contribution in [3.8, 4) is 11.5 Å². The Labute approximate surface area is 189 Å². The second kappa shape index (κ2) is 12.9. The summed E-state index contributed by atoms with van der Waals surface area (Å²) < 4.78 is 11.1. The highest BCUT2D eigenvalue weighted by molar-refractivity contribution is 14.0. The number of anilines is 2. The van der Waals surface area contributed by atoms with Gasteiger partial charge in [-0.1, -0.05) is 19.1 Å². The van der Waals surface area contributed by atoms with E-state index in [1.54, 1.807) is 12.1 Å². The van der Waals surface area contributed by atoms with Gasteiger partial charge in [-0.15, -0.1) is 24.0 Å². The van der Waals surface area contributed by atoms with Gasteiger partial charge in [0.25, 0.3) is 0 Å². The van der Waals surface area contributed by atoms with Crippen LogP contribution in [0.15, 0.2) is 47.5 Å². The Bertz CT molecular complexity index is 827. The summed E-state index contributed by atoms with van der Waals surface area (Å²) in [5.41, 5.74) is 8.47. The van der Waals surface area contributed by atoms with E-state index in [4.69, 9.17) is 15.2 Å². The SMILES string of the molecule is CCOc1ccc(OCC)c(NC(N)=NCC(=O)Nc2cccc(CC)c2)c1.I. The average Bonchev–Trinajstić information content (AvgIpc) is 2.69. The second-order valence-electron chi connectivity index (χ2n) is 5.95. The molecule has 0 bridgehead atoms. The lowest BCUT2D eigenvalue weighted by molar-refractivity contribution is -0.114. The molecule has 0 aliphatic heterocycles. The van der Waals surface area contributed by atoms with Gasteiger partial charge in [-0.25, -0.2) is 4.99 Å². The van der Waals surface area contributed by atoms with E-state index in [2.05, 4.69) is 22.5 Å². The summed E-state index contributed by atoms with van der Waals surface area (Å²) in [6.07, 6.45) is 0.904. The Hall–Kier alpha value is -2.49. The number of hydrogen-bond donors (Lipinski definition) is 3. The van der Waals surface area contributed by atoms with Crippen LogP contribution in [0.25, 0.3) is 0 Å². The van der Waals surface area contributed by atoms with E-state index in [1.165, 1.54) is 0 Å². The molecule has 2 aromatic rings. The van der Waals surface area contributed by atoms with Crippen LogP contribution in [0.3, 0.4) is 0 Å². The van der Waals surface area contributed by atoms with Crippen LogP contribution in [-0.2, 0) is 11.2 Å². The molecule has 0 saturated carbocycles. The van der Waals surface area contributed by atoms with Gasteiger partial charge < -0.3 is 25.8 Å². The summed E-state index contributed by atoms with van der Waals surface area (Å²) in [4.78, 5) is 16.2. The number of aliphatic imine (C=N–C) groups is 1. The normalized spacial score (nSPS) is 10.7. The lowest BCUT2D eigenvalue weighted by atomic mass is 10.1. The van der Waals surface area contributed by atoms with Crippen molar-refractivity contribution in [1.82, 2.24) is 0 Å². The summed E-state index contributed by atoms with van der Waals surface area (Å²) in [7, 11) is 0. The summed E-state index contributed by atoms with van der Waals surface area (Å²) >= 11 is 0. The van der Waals surface area contributed by atoms with Crippen LogP contribution in [0.2, 0.25) is 0 Å². The monoisotopic (exact) mass is 512 g/mol. The highest BCUT2D eigenvalue weighted by Gasteiger charge is 2.08. The van der Waals surface area contributed by atoms with Crippen molar-refractivity contribution in [2.75, 3.05) is 30.4 Å². The minimum Gasteiger partial charge on any atom is -0.494 e. The van der Waals surface area contributed by atoms with Gasteiger partial charge in [-0.2, -0.15) is 0 Å². The molecule has 1 amide bonds. The smallest absolute Gasteiger partial charge is 0.246 e. The number of amides is 1. The minimum atomic E-state index is -0.244. The number of carbonyl (C=O) groups is 1. The van der Waals surface area contributed by atoms with Crippen LogP contribution in [0.1, 0.15) is 26.3 Å². The number of nitrogens with one attached hydrogen (secondary N) is 2. The zero-order valence-corrected chi connectivity index (χ0v) is 19.4. The molecule has 0 saturated heterocycles. The van der Waals surface area contributed by atoms with Crippen LogP contribution in [0, 0.1) is 0 Å². The Morgan fingerprint density at radius 2 is 1.79 bits per heavy atom. The van der Waals surface area contributed by atoms with E-state index < -0.39 is 0 Å². The van der Waals surface area contributed by atoms with Crippen molar-refractivity contribution in [1.29, 1.82) is 0 Å². The number of carbonyl (C=O) groups excluding carboxylic acids is 1. The molecule has 2 rings (SSSR count). The minimum absolute atomic E-state index is 0. The fraction of sp³-hybridized carbons (Fsp3) is 0.333. The number of halogens is 1. The Morgan fingerprint density at radius 1 is 1.03 bits per heavy atom. The predicted octanol–water partition coefficient (Wildman–Crippen LogP) is 4.03. The first-order chi connectivity index (χ1) is 13.5. The van der Waals surface area contributed by atoms with E-state index in [1.807, 2.05) is 44.2 Å². The maximum atomic E-state index is 12.1. The highest BCUT2D eigenvalue weighted by Crippen LogP contribution is 2.29. The fourth-order valence-electron chi connectivity index (χ4n) is 2.55. The van der Waals surface area contributed by atoms with E-state index in [0.29, 0.717) is 30.4 Å². The quantitative estimate of drug-likeness (QED) is 0.268. The molecule has 8 heteroatoms. The van der Waals surface area contributed by atoms with Crippen LogP contribution in [-0.4, -0.2) is 31.6 Å². The number of nitrogens with zero attached hydrogens (tertiary/aromatic N) is 1. The molecule has 0 spiro atoms. The lowest BCUT2D eigenvalue weighted by Crippen LogP contribution is -2.25. The van der Waals surface area contributed by atoms with E-state index in [0.717, 1.165) is 17.7 Å². The van der Waals surface area contributed by atoms with E-state index in [9.17, 15) is 4.79 Å². The second-order valence-corrected chi connectivity index (χ2v) is 5.95. The van der Waals surface area contributed by atoms with Gasteiger partial charge in [-0.3, -0.25) is 4.79 Å². The molecule has 2 aromatic carbocycles. The third-order valence-corrected chi connectivity index (χ3v) is 3.84. The average molecular weight is 512 g/mol. The molecule has 0 aliphatic rings. The molecular weight excluding hydrogens is 483 g/mol. The largest absolute Gasteiger partial charge is 0.494 e. The molecule has 0 atom stereocenters. The van der Waals surface area contributed by atoms with E-state index >= 15 is 0 Å². The van der Waals surface area contributed by atoms with Crippen molar-refractivity contribution in [3.63, 3.8) is 0 Å². The Balaban J connectivity index is 0.00000420. The molecule has 0 radical (unpaired) electrons. The summed E-state index contributed by atoms with van der Waals surface area (Å²) in [6, 6.07) is 13.1. The molecule has 0 aliphatic carbocycles. The zero-order valence-electron chi connectivity index (χ0n) is 17.0. The molecule has 158 valence electrons. The molecule has 4 N–H and O–H groups in total. The van der Waals surface area contributed by atoms with Gasteiger partial charge in [0.05, 0.1) is 18.9 Å². The van der Waals surface area contributed by atoms with Gasteiger partial charge in [0.15, 0.2) is 5.96 Å². The first-order valence-corrected chi connectivity index (χ1v) is 9.41. The molecule has 0 heterocycles. The first kappa shape index (κ1) is 24.5. The number of benzene rings is 2. The molecule has 29 heavy (non-hydrogen) atoms. The van der Waals surface area contributed by atoms with Gasteiger partial charge in [0, 0.05) is 11.8 Å². The highest BCUT2D eigenvalue weighted by atomic mass is 127. The van der Waals surface area contributed by atoms with Gasteiger partial charge >= 0.3 is 0 Å². The summed E-state index contributed by atoms with van der Waals surface area (Å²) in [6.45, 7) is 6.85. The number of rotatable bonds is 9. The molecule has 0 unspecified atom stereocenters. The maximum absolute atomic E-state index is 12.1. The van der Waals surface area contributed by atoms with Crippen LogP contribution >= 0.6 is 24.0 Å². The Morgan fingerprint density at radius 3 is 2.48 bits per heavy atom. The van der Waals surface area contributed by atoms with Gasteiger partial charge in [0.1, 0.15) is 18.0 Å². The molecule has 0 fully saturated rings. The molecular formula is C21H29IN4O3. The number of nitrogens with two attached hydrogens (primary N) is 1. The third-order valence-electron chi connectivity index (χ3n) is 3.84. The molecule has 0 aromatic heterocycles. The Kier molecular flexibility index (Phi) is 10.9. The third kappa shape index (κ3) is 8.18. The number of aryl methyl sites for hydroxylation is 1. The number of guanidine groups is 1. The lowest BCUT2D eigenvalue weighted by Gasteiger charge is -2.14. The van der Waals surface area contributed by atoms with Crippen molar-refractivity contribution < 1.29 is 14.3 Å². The van der Waals surface area contributed by atoms with Crippen molar-refractivity contribution in [3.05, 3.63) is 48.0 Å². The van der Waals surface area contributed by atoms with Crippen molar-refractivity contribution >= 4 is 47.2 Å². The zero-order chi connectivity index (χ0) is 20.4. The fourth-order valence-corrected chi connectivity index (χ4v) is 2.55. The summed E-state index contributed by atoms with van der Waals surface area (Å²) in [5, 5.41) is 5.79. The van der Waals surface area contributed by atoms with Crippen LogP contribution in [0.5, 0.6) is 11.5 Å². The van der Waals surface area contributed by atoms with Gasteiger partial charge in [0.2, 0.25) is 5.91 Å². The van der Waals surface area contributed by atoms with Gasteiger partial charge in [-0.05, 0) is 50.1 Å².